The van der Waals surface area contributed by atoms with E-state index in [1.54, 1.807) is 0 Å². The van der Waals surface area contributed by atoms with Gasteiger partial charge in [0.1, 0.15) is 0 Å². The van der Waals surface area contributed by atoms with Crippen LogP contribution in [0.5, 0.6) is 0 Å². The van der Waals surface area contributed by atoms with Crippen molar-refractivity contribution in [3.05, 3.63) is 64.2 Å². The molecule has 1 unspecified atom stereocenters. The van der Waals surface area contributed by atoms with Crippen molar-refractivity contribution in [3.8, 4) is 0 Å². The summed E-state index contributed by atoms with van der Waals surface area (Å²) in [5.74, 6) is 0. The van der Waals surface area contributed by atoms with Crippen LogP contribution in [-0.2, 0) is 12.8 Å². The van der Waals surface area contributed by atoms with Gasteiger partial charge in [0, 0.05) is 24.2 Å². The van der Waals surface area contributed by atoms with E-state index in [1.165, 1.54) is 22.3 Å². The smallest absolute Gasteiger partial charge is 0.0850 e. The normalized spacial score (nSPS) is 14.8. The van der Waals surface area contributed by atoms with Gasteiger partial charge in [-0.25, -0.2) is 0 Å². The van der Waals surface area contributed by atoms with Crippen LogP contribution in [0.1, 0.15) is 33.9 Å². The van der Waals surface area contributed by atoms with Crippen molar-refractivity contribution in [3.63, 3.8) is 0 Å². The number of para-hydroxylation sites is 1. The Hall–Kier alpha value is -1.80. The summed E-state index contributed by atoms with van der Waals surface area (Å²) in [6, 6.07) is 12.7. The van der Waals surface area contributed by atoms with E-state index in [0.29, 0.717) is 6.42 Å². The second-order valence-corrected chi connectivity index (χ2v) is 5.77. The molecule has 104 valence electrons. The quantitative estimate of drug-likeness (QED) is 0.891. The molecule has 2 aromatic rings. The molecule has 2 nitrogen and oxygen atoms in total. The Morgan fingerprint density at radius 1 is 1.15 bits per heavy atom. The van der Waals surface area contributed by atoms with Crippen LogP contribution in [0.2, 0.25) is 0 Å². The predicted octanol–water partition coefficient (Wildman–Crippen LogP) is 3.55. The summed E-state index contributed by atoms with van der Waals surface area (Å²) in [4.78, 5) is 0. The van der Waals surface area contributed by atoms with Crippen LogP contribution in [-0.4, -0.2) is 11.7 Å². The number of aryl methyl sites for hydroxylation is 2. The van der Waals surface area contributed by atoms with E-state index in [2.05, 4.69) is 43.4 Å². The zero-order chi connectivity index (χ0) is 14.1. The Morgan fingerprint density at radius 3 is 2.65 bits per heavy atom. The summed E-state index contributed by atoms with van der Waals surface area (Å²) in [7, 11) is 0. The maximum Gasteiger partial charge on any atom is 0.0850 e. The third kappa shape index (κ3) is 2.56. The molecule has 0 saturated carbocycles. The molecular formula is C18H21NO. The predicted molar refractivity (Wildman–Crippen MR) is 83.2 cm³/mol. The minimum absolute atomic E-state index is 0.447. The first-order chi connectivity index (χ1) is 9.63. The van der Waals surface area contributed by atoms with Crippen LogP contribution in [0.4, 0.5) is 5.69 Å². The summed E-state index contributed by atoms with van der Waals surface area (Å²) >= 11 is 0. The van der Waals surface area contributed by atoms with Crippen LogP contribution in [0.15, 0.2) is 36.4 Å². The number of nitrogens with one attached hydrogen (secondary N) is 1. The van der Waals surface area contributed by atoms with Gasteiger partial charge in [-0.3, -0.25) is 0 Å². The zero-order valence-electron chi connectivity index (χ0n) is 12.1. The van der Waals surface area contributed by atoms with Crippen LogP contribution in [0.3, 0.4) is 0 Å². The second kappa shape index (κ2) is 5.29. The molecule has 0 aromatic heterocycles. The van der Waals surface area contributed by atoms with Gasteiger partial charge in [-0.05, 0) is 31.4 Å². The van der Waals surface area contributed by atoms with E-state index in [4.69, 9.17) is 0 Å². The Balaban J connectivity index is 1.86. The lowest BCUT2D eigenvalue weighted by Crippen LogP contribution is -2.05. The topological polar surface area (TPSA) is 32.3 Å². The summed E-state index contributed by atoms with van der Waals surface area (Å²) in [5.41, 5.74) is 7.20. The molecule has 0 radical (unpaired) electrons. The molecular weight excluding hydrogens is 246 g/mol. The molecule has 0 spiro atoms. The third-order valence-corrected chi connectivity index (χ3v) is 3.95. The van der Waals surface area contributed by atoms with E-state index in [-0.39, 0.29) is 0 Å². The number of fused-ring (bicyclic) bond motifs is 1. The number of hydrogen-bond donors (Lipinski definition) is 2. The highest BCUT2D eigenvalue weighted by molar-refractivity contribution is 5.62. The number of anilines is 1. The van der Waals surface area contributed by atoms with Crippen molar-refractivity contribution >= 4 is 5.69 Å². The average molecular weight is 267 g/mol. The lowest BCUT2D eigenvalue weighted by molar-refractivity contribution is 0.179. The number of rotatable bonds is 3. The van der Waals surface area contributed by atoms with Crippen molar-refractivity contribution in [1.82, 2.24) is 0 Å². The minimum Gasteiger partial charge on any atom is -0.388 e. The molecule has 1 heterocycles. The second-order valence-electron chi connectivity index (χ2n) is 5.77. The van der Waals surface area contributed by atoms with Gasteiger partial charge in [-0.1, -0.05) is 47.5 Å². The maximum absolute atomic E-state index is 10.6. The molecule has 0 fully saturated rings. The molecule has 20 heavy (non-hydrogen) atoms. The van der Waals surface area contributed by atoms with E-state index in [0.717, 1.165) is 24.2 Å². The molecule has 0 saturated heterocycles. The molecule has 3 rings (SSSR count). The van der Waals surface area contributed by atoms with E-state index < -0.39 is 6.10 Å². The van der Waals surface area contributed by atoms with Gasteiger partial charge in [-0.15, -0.1) is 0 Å². The zero-order valence-corrected chi connectivity index (χ0v) is 12.1. The van der Waals surface area contributed by atoms with Crippen molar-refractivity contribution in [2.24, 2.45) is 0 Å². The van der Waals surface area contributed by atoms with Gasteiger partial charge in [-0.2, -0.15) is 0 Å². The van der Waals surface area contributed by atoms with Gasteiger partial charge < -0.3 is 10.4 Å². The highest BCUT2D eigenvalue weighted by atomic mass is 16.3. The van der Waals surface area contributed by atoms with Gasteiger partial charge in [0.15, 0.2) is 0 Å². The van der Waals surface area contributed by atoms with Crippen LogP contribution in [0, 0.1) is 13.8 Å². The minimum atomic E-state index is -0.447. The number of aliphatic hydroxyl groups is 1. The van der Waals surface area contributed by atoms with Crippen LogP contribution >= 0.6 is 0 Å². The number of benzene rings is 2. The molecule has 0 aliphatic carbocycles. The first-order valence-electron chi connectivity index (χ1n) is 7.24. The van der Waals surface area contributed by atoms with Crippen molar-refractivity contribution in [2.45, 2.75) is 32.8 Å². The van der Waals surface area contributed by atoms with Gasteiger partial charge in [0.05, 0.1) is 6.10 Å². The summed E-state index contributed by atoms with van der Waals surface area (Å²) in [5, 5.41) is 14.0. The van der Waals surface area contributed by atoms with Crippen molar-refractivity contribution < 1.29 is 5.11 Å². The maximum atomic E-state index is 10.6. The molecule has 2 heteroatoms. The molecule has 2 aromatic carbocycles. The van der Waals surface area contributed by atoms with E-state index >= 15 is 0 Å². The first kappa shape index (κ1) is 13.2. The lowest BCUT2D eigenvalue weighted by atomic mass is 9.96. The van der Waals surface area contributed by atoms with E-state index in [1.807, 2.05) is 12.1 Å². The van der Waals surface area contributed by atoms with Gasteiger partial charge in [0.2, 0.25) is 0 Å². The third-order valence-electron chi connectivity index (χ3n) is 3.95. The van der Waals surface area contributed by atoms with Crippen molar-refractivity contribution in [1.29, 1.82) is 0 Å². The standard InChI is InChI=1S/C18H21NO/c1-12-8-13(2)10-14(9-12)11-17(20)16-5-3-4-15-6-7-19-18(15)16/h3-5,8-10,17,19-20H,6-7,11H2,1-2H3. The van der Waals surface area contributed by atoms with Crippen LogP contribution < -0.4 is 5.32 Å². The number of hydrogen-bond acceptors (Lipinski definition) is 2. The highest BCUT2D eigenvalue weighted by Crippen LogP contribution is 2.32. The monoisotopic (exact) mass is 267 g/mol. The number of aliphatic hydroxyl groups excluding tert-OH is 1. The summed E-state index contributed by atoms with van der Waals surface area (Å²) in [6.07, 6.45) is 1.27. The Kier molecular flexibility index (Phi) is 3.49. The largest absolute Gasteiger partial charge is 0.388 e. The van der Waals surface area contributed by atoms with Gasteiger partial charge in [0.25, 0.3) is 0 Å². The fourth-order valence-corrected chi connectivity index (χ4v) is 3.16. The fraction of sp³-hybridized carbons (Fsp3) is 0.333. The Labute approximate surface area is 120 Å². The van der Waals surface area contributed by atoms with E-state index in [9.17, 15) is 5.11 Å². The fourth-order valence-electron chi connectivity index (χ4n) is 3.16. The Bertz CT molecular complexity index is 613. The molecule has 1 aliphatic rings. The molecule has 2 N–H and O–H groups in total. The molecule has 0 bridgehead atoms. The van der Waals surface area contributed by atoms with Crippen LogP contribution in [0.25, 0.3) is 0 Å². The van der Waals surface area contributed by atoms with Crippen molar-refractivity contribution in [2.75, 3.05) is 11.9 Å². The molecule has 1 aliphatic heterocycles. The SMILES string of the molecule is Cc1cc(C)cc(CC(O)c2cccc3c2NCC3)c1. The summed E-state index contributed by atoms with van der Waals surface area (Å²) < 4.78 is 0. The summed E-state index contributed by atoms with van der Waals surface area (Å²) in [6.45, 7) is 5.18. The lowest BCUT2D eigenvalue weighted by Gasteiger charge is -2.16. The molecule has 1 atom stereocenters. The highest BCUT2D eigenvalue weighted by Gasteiger charge is 2.19. The first-order valence-corrected chi connectivity index (χ1v) is 7.24. The van der Waals surface area contributed by atoms with Gasteiger partial charge >= 0.3 is 0 Å². The molecule has 0 amide bonds. The average Bonchev–Trinajstić information content (AvgIpc) is 2.85. The Morgan fingerprint density at radius 2 is 1.90 bits per heavy atom.